The molecule has 2 aromatic carbocycles. The third-order valence-electron chi connectivity index (χ3n) is 4.70. The summed E-state index contributed by atoms with van der Waals surface area (Å²) < 4.78 is 14.9. The number of halogens is 1. The number of nitrogens with zero attached hydrogens (tertiary/aromatic N) is 2. The molecule has 2 aromatic heterocycles. The van der Waals surface area contributed by atoms with Crippen molar-refractivity contribution in [3.05, 3.63) is 89.9 Å². The fourth-order valence-corrected chi connectivity index (χ4v) is 3.22. The van der Waals surface area contributed by atoms with Crippen molar-refractivity contribution < 1.29 is 9.18 Å². The minimum Gasteiger partial charge on any atom is -0.310 e. The second-order valence-electron chi connectivity index (χ2n) is 6.73. The zero-order valence-corrected chi connectivity index (χ0v) is 15.5. The summed E-state index contributed by atoms with van der Waals surface area (Å²) in [5.74, 6) is 0.278. The monoisotopic (exact) mass is 373 g/mol. The predicted molar refractivity (Wildman–Crippen MR) is 109 cm³/mol. The van der Waals surface area contributed by atoms with Crippen LogP contribution >= 0.6 is 0 Å². The SMILES string of the molecule is Cc1cccn2c(NC(=O)CCc3ccc(F)cc3)c(-c3ccccc3)nc12. The lowest BCUT2D eigenvalue weighted by Gasteiger charge is -2.08. The van der Waals surface area contributed by atoms with E-state index in [-0.39, 0.29) is 11.7 Å². The van der Waals surface area contributed by atoms with E-state index in [1.165, 1.54) is 12.1 Å². The highest BCUT2D eigenvalue weighted by Crippen LogP contribution is 2.29. The van der Waals surface area contributed by atoms with E-state index in [0.717, 1.165) is 28.0 Å². The Morgan fingerprint density at radius 1 is 1.04 bits per heavy atom. The van der Waals surface area contributed by atoms with Gasteiger partial charge in [-0.2, -0.15) is 0 Å². The first kappa shape index (κ1) is 17.9. The normalized spacial score (nSPS) is 10.9. The molecule has 1 amide bonds. The van der Waals surface area contributed by atoms with Gasteiger partial charge in [-0.1, -0.05) is 48.5 Å². The van der Waals surface area contributed by atoms with Crippen LogP contribution in [0.25, 0.3) is 16.9 Å². The average molecular weight is 373 g/mol. The number of benzene rings is 2. The van der Waals surface area contributed by atoms with Crippen molar-refractivity contribution in [2.45, 2.75) is 19.8 Å². The van der Waals surface area contributed by atoms with E-state index in [9.17, 15) is 9.18 Å². The van der Waals surface area contributed by atoms with E-state index < -0.39 is 0 Å². The highest BCUT2D eigenvalue weighted by atomic mass is 19.1. The van der Waals surface area contributed by atoms with Crippen LogP contribution in [0.1, 0.15) is 17.5 Å². The highest BCUT2D eigenvalue weighted by molar-refractivity contribution is 5.94. The van der Waals surface area contributed by atoms with E-state index in [1.807, 2.05) is 60.0 Å². The fourth-order valence-electron chi connectivity index (χ4n) is 3.22. The molecule has 0 atom stereocenters. The molecule has 0 bridgehead atoms. The van der Waals surface area contributed by atoms with Gasteiger partial charge in [0.05, 0.1) is 0 Å². The Kier molecular flexibility index (Phi) is 4.89. The van der Waals surface area contributed by atoms with E-state index in [2.05, 4.69) is 5.32 Å². The lowest BCUT2D eigenvalue weighted by atomic mass is 10.1. The second-order valence-corrected chi connectivity index (χ2v) is 6.73. The lowest BCUT2D eigenvalue weighted by Crippen LogP contribution is -2.14. The molecule has 4 aromatic rings. The van der Waals surface area contributed by atoms with Gasteiger partial charge < -0.3 is 5.32 Å². The molecule has 0 fully saturated rings. The van der Waals surface area contributed by atoms with Gasteiger partial charge in [0.25, 0.3) is 0 Å². The first-order valence-electron chi connectivity index (χ1n) is 9.19. The number of carbonyl (C=O) groups excluding carboxylic acids is 1. The number of anilines is 1. The van der Waals surface area contributed by atoms with Crippen LogP contribution in [0.3, 0.4) is 0 Å². The molecule has 28 heavy (non-hydrogen) atoms. The van der Waals surface area contributed by atoms with Crippen LogP contribution in [0.5, 0.6) is 0 Å². The van der Waals surface area contributed by atoms with Crippen LogP contribution in [0.4, 0.5) is 10.2 Å². The quantitative estimate of drug-likeness (QED) is 0.534. The van der Waals surface area contributed by atoms with Crippen molar-refractivity contribution in [2.24, 2.45) is 0 Å². The number of hydrogen-bond donors (Lipinski definition) is 1. The highest BCUT2D eigenvalue weighted by Gasteiger charge is 2.17. The van der Waals surface area contributed by atoms with Crippen molar-refractivity contribution in [2.75, 3.05) is 5.32 Å². The van der Waals surface area contributed by atoms with Crippen molar-refractivity contribution in [1.29, 1.82) is 0 Å². The molecule has 5 heteroatoms. The Balaban J connectivity index is 1.62. The zero-order valence-electron chi connectivity index (χ0n) is 15.5. The van der Waals surface area contributed by atoms with Crippen molar-refractivity contribution in [3.8, 4) is 11.3 Å². The third kappa shape index (κ3) is 3.64. The number of aryl methyl sites for hydroxylation is 2. The molecule has 0 saturated carbocycles. The minimum absolute atomic E-state index is 0.107. The summed E-state index contributed by atoms with van der Waals surface area (Å²) in [6.45, 7) is 2.00. The molecule has 4 rings (SSSR count). The van der Waals surface area contributed by atoms with Gasteiger partial charge in [-0.15, -0.1) is 0 Å². The lowest BCUT2D eigenvalue weighted by molar-refractivity contribution is -0.116. The van der Waals surface area contributed by atoms with Gasteiger partial charge in [-0.25, -0.2) is 9.37 Å². The summed E-state index contributed by atoms with van der Waals surface area (Å²) in [7, 11) is 0. The minimum atomic E-state index is -0.276. The van der Waals surface area contributed by atoms with Gasteiger partial charge in [0.2, 0.25) is 5.91 Å². The smallest absolute Gasteiger partial charge is 0.225 e. The first-order valence-corrected chi connectivity index (χ1v) is 9.19. The number of fused-ring (bicyclic) bond motifs is 1. The number of hydrogen-bond acceptors (Lipinski definition) is 2. The summed E-state index contributed by atoms with van der Waals surface area (Å²) in [4.78, 5) is 17.4. The molecule has 0 spiro atoms. The molecule has 140 valence electrons. The van der Waals surface area contributed by atoms with Crippen LogP contribution in [-0.4, -0.2) is 15.3 Å². The van der Waals surface area contributed by atoms with Crippen molar-refractivity contribution in [1.82, 2.24) is 9.38 Å². The topological polar surface area (TPSA) is 46.4 Å². The molecule has 0 aliphatic rings. The number of rotatable bonds is 5. The Bertz CT molecular complexity index is 1120. The Morgan fingerprint density at radius 2 is 1.79 bits per heavy atom. The number of pyridine rings is 1. The number of amides is 1. The largest absolute Gasteiger partial charge is 0.310 e. The van der Waals surface area contributed by atoms with E-state index in [4.69, 9.17) is 4.98 Å². The number of imidazole rings is 1. The Hall–Kier alpha value is -3.47. The van der Waals surface area contributed by atoms with Gasteiger partial charge in [0.15, 0.2) is 0 Å². The van der Waals surface area contributed by atoms with E-state index in [1.54, 1.807) is 12.1 Å². The molecule has 2 heterocycles. The summed E-state index contributed by atoms with van der Waals surface area (Å²) in [6.07, 6.45) is 2.75. The van der Waals surface area contributed by atoms with Crippen LogP contribution in [0.15, 0.2) is 72.9 Å². The maximum atomic E-state index is 13.0. The van der Waals surface area contributed by atoms with Crippen LogP contribution in [0.2, 0.25) is 0 Å². The first-order chi connectivity index (χ1) is 13.6. The maximum Gasteiger partial charge on any atom is 0.225 e. The standard InChI is InChI=1S/C23H20FN3O/c1-16-6-5-15-27-22(16)26-21(18-7-3-2-4-8-18)23(27)25-20(28)14-11-17-9-12-19(24)13-10-17/h2-10,12-13,15H,11,14H2,1H3,(H,25,28). The van der Waals surface area contributed by atoms with Gasteiger partial charge in [-0.05, 0) is 42.7 Å². The van der Waals surface area contributed by atoms with Gasteiger partial charge >= 0.3 is 0 Å². The van der Waals surface area contributed by atoms with E-state index >= 15 is 0 Å². The molecule has 1 N–H and O–H groups in total. The van der Waals surface area contributed by atoms with E-state index in [0.29, 0.717) is 18.7 Å². The molecule has 0 aliphatic heterocycles. The maximum absolute atomic E-state index is 13.0. The summed E-state index contributed by atoms with van der Waals surface area (Å²) >= 11 is 0. The predicted octanol–water partition coefficient (Wildman–Crippen LogP) is 5.02. The van der Waals surface area contributed by atoms with Crippen LogP contribution in [-0.2, 0) is 11.2 Å². The molecule has 4 nitrogen and oxygen atoms in total. The van der Waals surface area contributed by atoms with Crippen LogP contribution in [0, 0.1) is 12.7 Å². The summed E-state index contributed by atoms with van der Waals surface area (Å²) in [6, 6.07) is 20.0. The van der Waals surface area contributed by atoms with Crippen LogP contribution < -0.4 is 5.32 Å². The van der Waals surface area contributed by atoms with Gasteiger partial charge in [-0.3, -0.25) is 9.20 Å². The second kappa shape index (κ2) is 7.64. The molecular weight excluding hydrogens is 353 g/mol. The fraction of sp³-hybridized carbons (Fsp3) is 0.130. The Morgan fingerprint density at radius 3 is 2.54 bits per heavy atom. The van der Waals surface area contributed by atoms with Crippen molar-refractivity contribution in [3.63, 3.8) is 0 Å². The number of aromatic nitrogens is 2. The molecule has 0 radical (unpaired) electrons. The summed E-state index contributed by atoms with van der Waals surface area (Å²) in [5.41, 5.74) is 4.46. The van der Waals surface area contributed by atoms with Gasteiger partial charge in [0, 0.05) is 18.2 Å². The molecule has 0 saturated heterocycles. The van der Waals surface area contributed by atoms with Gasteiger partial charge in [0.1, 0.15) is 23.0 Å². The molecular formula is C23H20FN3O. The Labute approximate surface area is 162 Å². The molecule has 0 unspecified atom stereocenters. The number of carbonyl (C=O) groups is 1. The third-order valence-corrected chi connectivity index (χ3v) is 4.70. The molecule has 0 aliphatic carbocycles. The average Bonchev–Trinajstić information content (AvgIpc) is 3.08. The zero-order chi connectivity index (χ0) is 19.5. The van der Waals surface area contributed by atoms with Crippen molar-refractivity contribution >= 4 is 17.4 Å². The number of nitrogens with one attached hydrogen (secondary N) is 1. The summed E-state index contributed by atoms with van der Waals surface area (Å²) in [5, 5.41) is 3.03.